The number of imidazole rings is 1. The van der Waals surface area contributed by atoms with Crippen molar-refractivity contribution in [1.29, 1.82) is 0 Å². The largest absolute Gasteiger partial charge is 0.497 e. The van der Waals surface area contributed by atoms with Crippen LogP contribution in [0.25, 0.3) is 16.7 Å². The summed E-state index contributed by atoms with van der Waals surface area (Å²) in [6, 6.07) is 13.5. The molecule has 3 aromatic rings. The molecule has 0 radical (unpaired) electrons. The van der Waals surface area contributed by atoms with Crippen molar-refractivity contribution in [2.75, 3.05) is 19.5 Å². The third-order valence-electron chi connectivity index (χ3n) is 3.29. The van der Waals surface area contributed by atoms with Crippen LogP contribution in [0.2, 0.25) is 0 Å². The Labute approximate surface area is 122 Å². The van der Waals surface area contributed by atoms with Gasteiger partial charge in [-0.15, -0.1) is 0 Å². The molecule has 21 heavy (non-hydrogen) atoms. The van der Waals surface area contributed by atoms with Crippen LogP contribution in [0.1, 0.15) is 6.92 Å². The van der Waals surface area contributed by atoms with Crippen LogP contribution < -0.4 is 15.2 Å². The Morgan fingerprint density at radius 2 is 1.81 bits per heavy atom. The van der Waals surface area contributed by atoms with Gasteiger partial charge in [-0.25, -0.2) is 4.98 Å². The van der Waals surface area contributed by atoms with Gasteiger partial charge in [0.05, 0.1) is 24.8 Å². The number of nitrogen functional groups attached to an aromatic ring is 1. The van der Waals surface area contributed by atoms with E-state index in [4.69, 9.17) is 15.2 Å². The molecule has 2 aromatic carbocycles. The molecule has 2 N–H and O–H groups in total. The van der Waals surface area contributed by atoms with Gasteiger partial charge < -0.3 is 15.2 Å². The van der Waals surface area contributed by atoms with E-state index in [1.165, 1.54) is 0 Å². The standard InChI is InChI=1S/C16H17N3O2/c1-3-21-12-6-4-11(5-7-12)19-15-10-13(20-2)8-9-14(15)18-16(19)17/h4-10H,3H2,1-2H3,(H2,17,18). The number of aromatic nitrogens is 2. The van der Waals surface area contributed by atoms with E-state index in [0.717, 1.165) is 28.2 Å². The molecule has 0 spiro atoms. The number of anilines is 1. The second-order valence-electron chi connectivity index (χ2n) is 4.59. The quantitative estimate of drug-likeness (QED) is 0.799. The van der Waals surface area contributed by atoms with Crippen LogP contribution in [-0.4, -0.2) is 23.3 Å². The first-order valence-corrected chi connectivity index (χ1v) is 6.78. The lowest BCUT2D eigenvalue weighted by Crippen LogP contribution is -2.01. The number of nitrogens with zero attached hydrogens (tertiary/aromatic N) is 2. The minimum Gasteiger partial charge on any atom is -0.497 e. The molecule has 0 saturated carbocycles. The smallest absolute Gasteiger partial charge is 0.205 e. The molecule has 0 unspecified atom stereocenters. The van der Waals surface area contributed by atoms with Crippen molar-refractivity contribution in [3.63, 3.8) is 0 Å². The fourth-order valence-electron chi connectivity index (χ4n) is 2.33. The van der Waals surface area contributed by atoms with Crippen LogP contribution in [0.3, 0.4) is 0 Å². The van der Waals surface area contributed by atoms with Crippen LogP contribution in [-0.2, 0) is 0 Å². The number of ether oxygens (including phenoxy) is 2. The third kappa shape index (κ3) is 2.38. The third-order valence-corrected chi connectivity index (χ3v) is 3.29. The fraction of sp³-hybridized carbons (Fsp3) is 0.188. The van der Waals surface area contributed by atoms with E-state index in [9.17, 15) is 0 Å². The van der Waals surface area contributed by atoms with E-state index in [1.807, 2.05) is 54.0 Å². The molecule has 0 aliphatic rings. The number of rotatable bonds is 4. The van der Waals surface area contributed by atoms with E-state index in [-0.39, 0.29) is 0 Å². The van der Waals surface area contributed by atoms with Crippen LogP contribution in [0.5, 0.6) is 11.5 Å². The van der Waals surface area contributed by atoms with E-state index in [2.05, 4.69) is 4.98 Å². The van der Waals surface area contributed by atoms with E-state index in [0.29, 0.717) is 12.6 Å². The van der Waals surface area contributed by atoms with Gasteiger partial charge in [-0.2, -0.15) is 0 Å². The lowest BCUT2D eigenvalue weighted by Gasteiger charge is -2.09. The number of nitrogens with two attached hydrogens (primary N) is 1. The van der Waals surface area contributed by atoms with Crippen LogP contribution in [0.4, 0.5) is 5.95 Å². The summed E-state index contributed by atoms with van der Waals surface area (Å²) in [5.74, 6) is 2.05. The molecular formula is C16H17N3O2. The van der Waals surface area contributed by atoms with Crippen molar-refractivity contribution >= 4 is 17.0 Å². The van der Waals surface area contributed by atoms with Crippen LogP contribution in [0.15, 0.2) is 42.5 Å². The zero-order chi connectivity index (χ0) is 14.8. The molecule has 0 fully saturated rings. The van der Waals surface area contributed by atoms with Gasteiger partial charge in [0.25, 0.3) is 0 Å². The lowest BCUT2D eigenvalue weighted by atomic mass is 10.2. The number of hydrogen-bond donors (Lipinski definition) is 1. The molecule has 0 amide bonds. The summed E-state index contributed by atoms with van der Waals surface area (Å²) < 4.78 is 12.6. The van der Waals surface area contributed by atoms with Crippen molar-refractivity contribution < 1.29 is 9.47 Å². The number of methoxy groups -OCH3 is 1. The zero-order valence-corrected chi connectivity index (χ0v) is 12.0. The summed E-state index contributed by atoms with van der Waals surface area (Å²) in [7, 11) is 1.64. The van der Waals surface area contributed by atoms with E-state index < -0.39 is 0 Å². The van der Waals surface area contributed by atoms with Crippen molar-refractivity contribution in [3.05, 3.63) is 42.5 Å². The van der Waals surface area contributed by atoms with Crippen molar-refractivity contribution in [2.24, 2.45) is 0 Å². The SMILES string of the molecule is CCOc1ccc(-n2c(N)nc3ccc(OC)cc32)cc1. The predicted octanol–water partition coefficient (Wildman–Crippen LogP) is 3.02. The number of fused-ring (bicyclic) bond motifs is 1. The highest BCUT2D eigenvalue weighted by molar-refractivity contribution is 5.82. The Balaban J connectivity index is 2.12. The maximum atomic E-state index is 6.05. The van der Waals surface area contributed by atoms with Gasteiger partial charge in [0, 0.05) is 11.8 Å². The summed E-state index contributed by atoms with van der Waals surface area (Å²) in [6.45, 7) is 2.61. The second kappa shape index (κ2) is 5.36. The maximum absolute atomic E-state index is 6.05. The Morgan fingerprint density at radius 1 is 1.10 bits per heavy atom. The topological polar surface area (TPSA) is 62.3 Å². The molecule has 5 nitrogen and oxygen atoms in total. The van der Waals surface area contributed by atoms with E-state index in [1.54, 1.807) is 7.11 Å². The fourth-order valence-corrected chi connectivity index (χ4v) is 2.33. The molecule has 0 aliphatic heterocycles. The van der Waals surface area contributed by atoms with Gasteiger partial charge in [-0.3, -0.25) is 4.57 Å². The van der Waals surface area contributed by atoms with Crippen molar-refractivity contribution in [2.45, 2.75) is 6.92 Å². The molecule has 0 atom stereocenters. The van der Waals surface area contributed by atoms with Crippen molar-refractivity contribution in [3.8, 4) is 17.2 Å². The first-order valence-electron chi connectivity index (χ1n) is 6.78. The summed E-state index contributed by atoms with van der Waals surface area (Å²) >= 11 is 0. The average molecular weight is 283 g/mol. The molecule has 1 aromatic heterocycles. The molecule has 5 heteroatoms. The highest BCUT2D eigenvalue weighted by atomic mass is 16.5. The predicted molar refractivity (Wildman–Crippen MR) is 83.2 cm³/mol. The Morgan fingerprint density at radius 3 is 2.48 bits per heavy atom. The summed E-state index contributed by atoms with van der Waals surface area (Å²) in [6.07, 6.45) is 0. The number of hydrogen-bond acceptors (Lipinski definition) is 4. The molecule has 3 rings (SSSR count). The second-order valence-corrected chi connectivity index (χ2v) is 4.59. The molecular weight excluding hydrogens is 266 g/mol. The van der Waals surface area contributed by atoms with Crippen molar-refractivity contribution in [1.82, 2.24) is 9.55 Å². The maximum Gasteiger partial charge on any atom is 0.205 e. The Kier molecular flexibility index (Phi) is 3.39. The van der Waals surface area contributed by atoms with E-state index >= 15 is 0 Å². The highest BCUT2D eigenvalue weighted by Gasteiger charge is 2.11. The van der Waals surface area contributed by atoms with Gasteiger partial charge in [0.2, 0.25) is 5.95 Å². The first-order chi connectivity index (χ1) is 10.2. The normalized spacial score (nSPS) is 10.8. The van der Waals surface area contributed by atoms with Gasteiger partial charge in [-0.1, -0.05) is 0 Å². The highest BCUT2D eigenvalue weighted by Crippen LogP contribution is 2.27. The monoisotopic (exact) mass is 283 g/mol. The van der Waals surface area contributed by atoms with Gasteiger partial charge in [-0.05, 0) is 43.3 Å². The van der Waals surface area contributed by atoms with Crippen LogP contribution in [0, 0.1) is 0 Å². The lowest BCUT2D eigenvalue weighted by molar-refractivity contribution is 0.340. The average Bonchev–Trinajstić information content (AvgIpc) is 2.83. The summed E-state index contributed by atoms with van der Waals surface area (Å²) in [5.41, 5.74) is 8.74. The summed E-state index contributed by atoms with van der Waals surface area (Å²) in [5, 5.41) is 0. The van der Waals surface area contributed by atoms with Gasteiger partial charge >= 0.3 is 0 Å². The minimum atomic E-state index is 0.447. The number of benzene rings is 2. The molecule has 0 bridgehead atoms. The Hall–Kier alpha value is -2.69. The summed E-state index contributed by atoms with van der Waals surface area (Å²) in [4.78, 5) is 4.38. The molecule has 0 saturated heterocycles. The first kappa shape index (κ1) is 13.3. The molecule has 108 valence electrons. The van der Waals surface area contributed by atoms with Gasteiger partial charge in [0.15, 0.2) is 0 Å². The van der Waals surface area contributed by atoms with Gasteiger partial charge in [0.1, 0.15) is 11.5 Å². The molecule has 1 heterocycles. The Bertz CT molecular complexity index is 763. The van der Waals surface area contributed by atoms with Crippen LogP contribution >= 0.6 is 0 Å². The molecule has 0 aliphatic carbocycles. The zero-order valence-electron chi connectivity index (χ0n) is 12.0. The minimum absolute atomic E-state index is 0.447.